The van der Waals surface area contributed by atoms with E-state index in [0.717, 1.165) is 10.5 Å². The smallest absolute Gasteiger partial charge is 0.307 e. The van der Waals surface area contributed by atoms with E-state index in [4.69, 9.17) is 14.0 Å². The quantitative estimate of drug-likeness (QED) is 0.362. The minimum atomic E-state index is -0.296. The molecule has 152 valence electrons. The fraction of sp³-hybridized carbons (Fsp3) is 0.318. The molecule has 0 aliphatic heterocycles. The van der Waals surface area contributed by atoms with Crippen molar-refractivity contribution in [2.24, 2.45) is 0 Å². The summed E-state index contributed by atoms with van der Waals surface area (Å²) in [5, 5.41) is 3.96. The number of nitrogens with zero attached hydrogens (tertiary/aromatic N) is 2. The minimum absolute atomic E-state index is 0.0447. The summed E-state index contributed by atoms with van der Waals surface area (Å²) < 4.78 is 16.0. The van der Waals surface area contributed by atoms with Gasteiger partial charge in [0.25, 0.3) is 5.89 Å². The zero-order valence-corrected chi connectivity index (χ0v) is 17.6. The molecule has 0 saturated carbocycles. The Balaban J connectivity index is 1.48. The first kappa shape index (κ1) is 20.9. The van der Waals surface area contributed by atoms with Crippen molar-refractivity contribution in [3.05, 3.63) is 59.5 Å². The number of carbonyl (C=O) groups excluding carboxylic acids is 1. The van der Waals surface area contributed by atoms with E-state index >= 15 is 0 Å². The highest BCUT2D eigenvalue weighted by Crippen LogP contribution is 2.27. The third-order valence-corrected chi connectivity index (χ3v) is 5.30. The normalized spacial score (nSPS) is 10.7. The highest BCUT2D eigenvalue weighted by Gasteiger charge is 2.14. The summed E-state index contributed by atoms with van der Waals surface area (Å²) in [7, 11) is 0. The number of hydrogen-bond donors (Lipinski definition) is 0. The molecule has 0 fully saturated rings. The van der Waals surface area contributed by atoms with Crippen molar-refractivity contribution < 1.29 is 18.8 Å². The molecule has 0 bridgehead atoms. The zero-order chi connectivity index (χ0) is 20.6. The lowest BCUT2D eigenvalue weighted by Crippen LogP contribution is -2.05. The Kier molecular flexibility index (Phi) is 7.30. The second-order valence-electron chi connectivity index (χ2n) is 6.45. The lowest BCUT2D eigenvalue weighted by molar-refractivity contribution is -0.145. The first-order chi connectivity index (χ1) is 14.1. The Morgan fingerprint density at radius 2 is 1.97 bits per heavy atom. The van der Waals surface area contributed by atoms with E-state index in [9.17, 15) is 4.79 Å². The maximum absolute atomic E-state index is 12.0. The Labute approximate surface area is 174 Å². The second-order valence-corrected chi connectivity index (χ2v) is 7.61. The van der Waals surface area contributed by atoms with Crippen LogP contribution < -0.4 is 4.74 Å². The average Bonchev–Trinajstić information content (AvgIpc) is 3.19. The minimum Gasteiger partial charge on any atom is -0.493 e. The van der Waals surface area contributed by atoms with Crippen LogP contribution in [0.3, 0.4) is 0 Å². The molecule has 6 nitrogen and oxygen atoms in total. The SMILES string of the molecule is CCOc1ccccc1-c1noc(COC(=O)CCSc2ccc(C)c(C)c2)n1. The molecule has 1 heterocycles. The van der Waals surface area contributed by atoms with Crippen LogP contribution in [-0.2, 0) is 16.1 Å². The first-order valence-electron chi connectivity index (χ1n) is 9.47. The summed E-state index contributed by atoms with van der Waals surface area (Å²) in [4.78, 5) is 17.4. The number of carbonyl (C=O) groups is 1. The van der Waals surface area contributed by atoms with Gasteiger partial charge in [-0.1, -0.05) is 23.4 Å². The summed E-state index contributed by atoms with van der Waals surface area (Å²) >= 11 is 1.63. The maximum Gasteiger partial charge on any atom is 0.307 e. The highest BCUT2D eigenvalue weighted by molar-refractivity contribution is 7.99. The van der Waals surface area contributed by atoms with Gasteiger partial charge in [-0.15, -0.1) is 11.8 Å². The summed E-state index contributed by atoms with van der Waals surface area (Å²) in [6.45, 7) is 6.57. The van der Waals surface area contributed by atoms with Crippen LogP contribution >= 0.6 is 11.8 Å². The van der Waals surface area contributed by atoms with Crippen molar-refractivity contribution >= 4 is 17.7 Å². The Hall–Kier alpha value is -2.80. The molecule has 0 saturated heterocycles. The number of aromatic nitrogens is 2. The van der Waals surface area contributed by atoms with E-state index < -0.39 is 0 Å². The maximum atomic E-state index is 12.0. The van der Waals surface area contributed by atoms with Crippen LogP contribution in [0.1, 0.15) is 30.4 Å². The van der Waals surface area contributed by atoms with Gasteiger partial charge >= 0.3 is 5.97 Å². The van der Waals surface area contributed by atoms with Gasteiger partial charge in [-0.2, -0.15) is 4.98 Å². The molecule has 0 N–H and O–H groups in total. The van der Waals surface area contributed by atoms with E-state index in [-0.39, 0.29) is 18.5 Å². The number of ether oxygens (including phenoxy) is 2. The molecule has 3 rings (SSSR count). The molecule has 0 unspecified atom stereocenters. The fourth-order valence-electron chi connectivity index (χ4n) is 2.63. The molecule has 0 amide bonds. The van der Waals surface area contributed by atoms with Gasteiger partial charge < -0.3 is 14.0 Å². The third-order valence-electron chi connectivity index (χ3n) is 4.31. The number of esters is 1. The van der Waals surface area contributed by atoms with E-state index in [1.807, 2.05) is 31.2 Å². The number of thioether (sulfide) groups is 1. The molecule has 2 aromatic carbocycles. The monoisotopic (exact) mass is 412 g/mol. The van der Waals surface area contributed by atoms with Gasteiger partial charge in [-0.05, 0) is 56.2 Å². The number of hydrogen-bond acceptors (Lipinski definition) is 7. The number of rotatable bonds is 9. The van der Waals surface area contributed by atoms with Gasteiger partial charge in [0.1, 0.15) is 5.75 Å². The van der Waals surface area contributed by atoms with Crippen LogP contribution in [0.25, 0.3) is 11.4 Å². The van der Waals surface area contributed by atoms with Gasteiger partial charge in [0, 0.05) is 10.6 Å². The molecule has 0 aliphatic rings. The van der Waals surface area contributed by atoms with Crippen molar-refractivity contribution in [1.29, 1.82) is 0 Å². The Morgan fingerprint density at radius 3 is 2.76 bits per heavy atom. The van der Waals surface area contributed by atoms with Gasteiger partial charge in [-0.25, -0.2) is 0 Å². The molecule has 7 heteroatoms. The van der Waals surface area contributed by atoms with Gasteiger partial charge in [0.05, 0.1) is 18.6 Å². The van der Waals surface area contributed by atoms with Crippen molar-refractivity contribution in [1.82, 2.24) is 10.1 Å². The van der Waals surface area contributed by atoms with Crippen LogP contribution in [0.15, 0.2) is 51.9 Å². The molecule has 0 radical (unpaired) electrons. The van der Waals surface area contributed by atoms with Crippen molar-refractivity contribution in [2.45, 2.75) is 38.7 Å². The number of benzene rings is 2. The lowest BCUT2D eigenvalue weighted by atomic mass is 10.1. The summed E-state index contributed by atoms with van der Waals surface area (Å²) in [6, 6.07) is 13.8. The predicted octanol–water partition coefficient (Wildman–Crippen LogP) is 4.98. The van der Waals surface area contributed by atoms with E-state index in [2.05, 4.69) is 42.2 Å². The van der Waals surface area contributed by atoms with E-state index in [1.54, 1.807) is 11.8 Å². The van der Waals surface area contributed by atoms with Crippen LogP contribution in [0.2, 0.25) is 0 Å². The molecule has 1 aromatic heterocycles. The molecular weight excluding hydrogens is 388 g/mol. The van der Waals surface area contributed by atoms with Crippen LogP contribution in [0.4, 0.5) is 0 Å². The molecule has 29 heavy (non-hydrogen) atoms. The largest absolute Gasteiger partial charge is 0.493 e. The van der Waals surface area contributed by atoms with Crippen molar-refractivity contribution in [3.8, 4) is 17.1 Å². The molecule has 0 atom stereocenters. The Morgan fingerprint density at radius 1 is 1.14 bits per heavy atom. The van der Waals surface area contributed by atoms with E-state index in [0.29, 0.717) is 30.4 Å². The molecule has 3 aromatic rings. The second kappa shape index (κ2) is 10.1. The first-order valence-corrected chi connectivity index (χ1v) is 10.5. The van der Waals surface area contributed by atoms with E-state index in [1.165, 1.54) is 11.1 Å². The molecule has 0 aliphatic carbocycles. The summed E-state index contributed by atoms with van der Waals surface area (Å²) in [6.07, 6.45) is 0.311. The van der Waals surface area contributed by atoms with Crippen molar-refractivity contribution in [3.63, 3.8) is 0 Å². The standard InChI is InChI=1S/C22H24N2O4S/c1-4-26-19-8-6-5-7-18(19)22-23-20(28-24-22)14-27-21(25)11-12-29-17-10-9-15(2)16(3)13-17/h5-10,13H,4,11-12,14H2,1-3H3. The number of aryl methyl sites for hydroxylation is 2. The van der Waals surface area contributed by atoms with Crippen LogP contribution in [0, 0.1) is 13.8 Å². The van der Waals surface area contributed by atoms with Crippen LogP contribution in [-0.4, -0.2) is 28.5 Å². The van der Waals surface area contributed by atoms with Gasteiger partial charge in [0.15, 0.2) is 6.61 Å². The average molecular weight is 413 g/mol. The Bertz CT molecular complexity index is 971. The third kappa shape index (κ3) is 5.84. The zero-order valence-electron chi connectivity index (χ0n) is 16.8. The molecule has 0 spiro atoms. The topological polar surface area (TPSA) is 74.5 Å². The van der Waals surface area contributed by atoms with Crippen molar-refractivity contribution in [2.75, 3.05) is 12.4 Å². The number of para-hydroxylation sites is 1. The van der Waals surface area contributed by atoms with Gasteiger partial charge in [0.2, 0.25) is 5.82 Å². The summed E-state index contributed by atoms with van der Waals surface area (Å²) in [5.74, 6) is 1.70. The predicted molar refractivity (Wildman–Crippen MR) is 112 cm³/mol. The fourth-order valence-corrected chi connectivity index (χ4v) is 3.55. The lowest BCUT2D eigenvalue weighted by Gasteiger charge is -2.06. The summed E-state index contributed by atoms with van der Waals surface area (Å²) in [5.41, 5.74) is 3.24. The molecular formula is C22H24N2O4S. The van der Waals surface area contributed by atoms with Crippen LogP contribution in [0.5, 0.6) is 5.75 Å². The van der Waals surface area contributed by atoms with Gasteiger partial charge in [-0.3, -0.25) is 4.79 Å². The highest BCUT2D eigenvalue weighted by atomic mass is 32.2.